The number of aromatic nitrogens is 4. The molecule has 3 aromatic heterocycles. The first-order valence-electron chi connectivity index (χ1n) is 17.5. The topological polar surface area (TPSA) is 35.6 Å². The van der Waals surface area contributed by atoms with Crippen molar-refractivity contribution in [3.8, 4) is 33.9 Å². The Hall–Kier alpha value is -5.78. The maximum Gasteiger partial charge on any atom is 0.117 e. The van der Waals surface area contributed by atoms with E-state index in [0.717, 1.165) is 22.5 Å². The summed E-state index contributed by atoms with van der Waals surface area (Å²) in [5.41, 5.74) is 14.0. The van der Waals surface area contributed by atoms with Gasteiger partial charge in [0.05, 0.1) is 39.1 Å². The monoisotopic (exact) mass is 658 g/mol. The lowest BCUT2D eigenvalue weighted by Gasteiger charge is -2.35. The number of nitrogens with zero attached hydrogens (tertiary/aromatic N) is 4. The Bertz CT molecular complexity index is 2920. The van der Waals surface area contributed by atoms with Crippen molar-refractivity contribution >= 4 is 62.1 Å². The van der Waals surface area contributed by atoms with Gasteiger partial charge in [-0.2, -0.15) is 0 Å². The molecular formula is C45H34N4Si. The Labute approximate surface area is 291 Å². The van der Waals surface area contributed by atoms with Crippen molar-refractivity contribution in [2.75, 3.05) is 0 Å². The summed E-state index contributed by atoms with van der Waals surface area (Å²) in [7, 11) is -1.95. The molecule has 0 saturated heterocycles. The van der Waals surface area contributed by atoms with Gasteiger partial charge in [-0.15, -0.1) is 10.2 Å². The molecule has 5 heterocycles. The molecule has 9 aromatic rings. The number of benzene rings is 6. The van der Waals surface area contributed by atoms with Crippen LogP contribution in [0.25, 0.3) is 77.5 Å². The summed E-state index contributed by atoms with van der Waals surface area (Å²) in [6.07, 6.45) is 0. The van der Waals surface area contributed by atoms with Crippen molar-refractivity contribution in [1.29, 1.82) is 0 Å². The van der Waals surface area contributed by atoms with Crippen LogP contribution in [0.3, 0.4) is 0 Å². The predicted molar refractivity (Wildman–Crippen MR) is 210 cm³/mol. The maximum atomic E-state index is 4.96. The zero-order chi connectivity index (χ0) is 33.5. The van der Waals surface area contributed by atoms with Crippen LogP contribution in [-0.4, -0.2) is 27.4 Å². The molecular weight excluding hydrogens is 625 g/mol. The van der Waals surface area contributed by atoms with Crippen LogP contribution in [-0.2, 0) is 5.41 Å². The fourth-order valence-electron chi connectivity index (χ4n) is 9.35. The minimum Gasteiger partial charge on any atom is -0.309 e. The van der Waals surface area contributed by atoms with Crippen molar-refractivity contribution in [2.24, 2.45) is 0 Å². The molecule has 0 fully saturated rings. The number of fused-ring (bicyclic) bond motifs is 10. The Kier molecular flexibility index (Phi) is 5.32. The van der Waals surface area contributed by atoms with E-state index in [0.29, 0.717) is 0 Å². The fourth-order valence-corrected chi connectivity index (χ4v) is 12.3. The quantitative estimate of drug-likeness (QED) is 0.173. The molecule has 6 aromatic carbocycles. The van der Waals surface area contributed by atoms with Gasteiger partial charge in [-0.05, 0) is 51.8 Å². The molecule has 238 valence electrons. The largest absolute Gasteiger partial charge is 0.309 e. The van der Waals surface area contributed by atoms with E-state index in [1.165, 1.54) is 76.5 Å². The van der Waals surface area contributed by atoms with Gasteiger partial charge in [0.1, 0.15) is 8.07 Å². The van der Waals surface area contributed by atoms with E-state index >= 15 is 0 Å². The summed E-state index contributed by atoms with van der Waals surface area (Å²) in [5, 5.41) is 18.1. The highest BCUT2D eigenvalue weighted by molar-refractivity contribution is 7.02. The highest BCUT2D eigenvalue weighted by Crippen LogP contribution is 2.49. The molecule has 0 bridgehead atoms. The van der Waals surface area contributed by atoms with Gasteiger partial charge in [0, 0.05) is 43.8 Å². The number of para-hydroxylation sites is 5. The van der Waals surface area contributed by atoms with E-state index in [1.807, 2.05) is 0 Å². The van der Waals surface area contributed by atoms with Crippen LogP contribution in [0.2, 0.25) is 13.1 Å². The first-order chi connectivity index (χ1) is 24.3. The van der Waals surface area contributed by atoms with Gasteiger partial charge >= 0.3 is 0 Å². The van der Waals surface area contributed by atoms with E-state index in [4.69, 9.17) is 10.2 Å². The highest BCUT2D eigenvalue weighted by Gasteiger charge is 2.38. The molecule has 2 aliphatic heterocycles. The van der Waals surface area contributed by atoms with Crippen molar-refractivity contribution in [1.82, 2.24) is 19.3 Å². The lowest BCUT2D eigenvalue weighted by molar-refractivity contribution is 0.630. The van der Waals surface area contributed by atoms with Gasteiger partial charge in [-0.3, -0.25) is 0 Å². The molecule has 5 heteroatoms. The molecule has 4 nitrogen and oxygen atoms in total. The zero-order valence-electron chi connectivity index (χ0n) is 28.5. The molecule has 2 aliphatic rings. The van der Waals surface area contributed by atoms with Gasteiger partial charge in [0.2, 0.25) is 0 Å². The molecule has 0 radical (unpaired) electrons. The minimum absolute atomic E-state index is 0.171. The minimum atomic E-state index is -1.95. The van der Waals surface area contributed by atoms with Crippen LogP contribution in [0.5, 0.6) is 0 Å². The second-order valence-electron chi connectivity index (χ2n) is 15.1. The summed E-state index contributed by atoms with van der Waals surface area (Å²) in [6, 6.07) is 49.2. The average molecular weight is 659 g/mol. The molecule has 0 saturated carbocycles. The highest BCUT2D eigenvalue weighted by atomic mass is 28.3. The number of hydrogen-bond acceptors (Lipinski definition) is 2. The van der Waals surface area contributed by atoms with Crippen LogP contribution >= 0.6 is 0 Å². The van der Waals surface area contributed by atoms with Gasteiger partial charge < -0.3 is 9.13 Å². The zero-order valence-corrected chi connectivity index (χ0v) is 29.5. The third kappa shape index (κ3) is 3.40. The predicted octanol–water partition coefficient (Wildman–Crippen LogP) is 9.78. The second-order valence-corrected chi connectivity index (χ2v) is 19.4. The Morgan fingerprint density at radius 2 is 1.14 bits per heavy atom. The SMILES string of the molecule is CC1(C)c2cccc(-c3ccc(-c4ccc5c(c4)-n4c6ccccc6c6cccc(c64)[Si]5(C)C)nn3)c2-n2c3ccccc3c3cccc1c32. The standard InChI is InChI=1S/C45H34N4Si/c1-45(2)33-17-9-14-30-28-12-6-8-20-38(28)49(42(30)33)43-32(16-10-18-34(43)45)36-24-23-35(46-47-36)27-22-25-40-39(26-27)48-37-19-7-5-13-29(37)31-15-11-21-41(44(31)48)50(40,3)4/h5-26H,1-4H3. The smallest absolute Gasteiger partial charge is 0.117 e. The summed E-state index contributed by atoms with van der Waals surface area (Å²) in [6.45, 7) is 9.66. The molecule has 0 N–H and O–H groups in total. The first-order valence-corrected chi connectivity index (χ1v) is 20.5. The first kappa shape index (κ1) is 28.1. The maximum absolute atomic E-state index is 4.96. The number of rotatable bonds is 2. The van der Waals surface area contributed by atoms with Crippen LogP contribution in [0.15, 0.2) is 133 Å². The van der Waals surface area contributed by atoms with E-state index in [2.05, 4.69) is 170 Å². The molecule has 0 unspecified atom stereocenters. The Balaban J connectivity index is 1.09. The lowest BCUT2D eigenvalue weighted by Crippen LogP contribution is -2.57. The van der Waals surface area contributed by atoms with Gasteiger partial charge in [0.25, 0.3) is 0 Å². The Morgan fingerprint density at radius 3 is 1.90 bits per heavy atom. The molecule has 0 spiro atoms. The molecule has 0 aliphatic carbocycles. The van der Waals surface area contributed by atoms with Crippen LogP contribution < -0.4 is 10.4 Å². The van der Waals surface area contributed by atoms with E-state index in [9.17, 15) is 0 Å². The molecule has 0 atom stereocenters. The third-order valence-electron chi connectivity index (χ3n) is 11.8. The van der Waals surface area contributed by atoms with Gasteiger partial charge in [-0.1, -0.05) is 130 Å². The van der Waals surface area contributed by atoms with Crippen molar-refractivity contribution in [3.05, 3.63) is 145 Å². The van der Waals surface area contributed by atoms with Crippen LogP contribution in [0.4, 0.5) is 0 Å². The van der Waals surface area contributed by atoms with Crippen molar-refractivity contribution in [3.63, 3.8) is 0 Å². The average Bonchev–Trinajstić information content (AvgIpc) is 3.67. The van der Waals surface area contributed by atoms with E-state index in [1.54, 1.807) is 0 Å². The third-order valence-corrected chi connectivity index (χ3v) is 15.3. The van der Waals surface area contributed by atoms with Crippen LogP contribution in [0.1, 0.15) is 25.0 Å². The summed E-state index contributed by atoms with van der Waals surface area (Å²) >= 11 is 0. The molecule has 0 amide bonds. The van der Waals surface area contributed by atoms with Gasteiger partial charge in [-0.25, -0.2) is 0 Å². The summed E-state index contributed by atoms with van der Waals surface area (Å²) in [4.78, 5) is 0. The van der Waals surface area contributed by atoms with Crippen molar-refractivity contribution < 1.29 is 0 Å². The lowest BCUT2D eigenvalue weighted by atomic mass is 9.74. The molecule has 50 heavy (non-hydrogen) atoms. The van der Waals surface area contributed by atoms with Gasteiger partial charge in [0.15, 0.2) is 0 Å². The van der Waals surface area contributed by atoms with E-state index < -0.39 is 8.07 Å². The second kappa shape index (κ2) is 9.46. The van der Waals surface area contributed by atoms with E-state index in [-0.39, 0.29) is 5.41 Å². The Morgan fingerprint density at radius 1 is 0.520 bits per heavy atom. The molecule has 11 rings (SSSR count). The van der Waals surface area contributed by atoms with Crippen molar-refractivity contribution in [2.45, 2.75) is 32.4 Å². The summed E-state index contributed by atoms with van der Waals surface area (Å²) < 4.78 is 4.97. The van der Waals surface area contributed by atoms with Crippen LogP contribution in [0, 0.1) is 0 Å². The normalized spacial score (nSPS) is 15.1. The number of hydrogen-bond donors (Lipinski definition) is 0. The summed E-state index contributed by atoms with van der Waals surface area (Å²) in [5.74, 6) is 0. The fraction of sp³-hybridized carbons (Fsp3) is 0.111.